The molecule has 1 unspecified atom stereocenters. The molecule has 2 aromatic carbocycles. The van der Waals surface area contributed by atoms with Crippen molar-refractivity contribution in [2.24, 2.45) is 0 Å². The van der Waals surface area contributed by atoms with E-state index in [-0.39, 0.29) is 17.1 Å². The molecule has 0 spiro atoms. The summed E-state index contributed by atoms with van der Waals surface area (Å²) in [5.41, 5.74) is 1.72. The van der Waals surface area contributed by atoms with Crippen LogP contribution in [-0.2, 0) is 22.5 Å². The molecule has 0 aliphatic carbocycles. The van der Waals surface area contributed by atoms with E-state index in [1.807, 2.05) is 30.3 Å². The Labute approximate surface area is 112 Å². The number of hydrogen-bond donors (Lipinski definition) is 0. The molecule has 0 aliphatic heterocycles. The molecule has 2 heteroatoms. The van der Waals surface area contributed by atoms with Gasteiger partial charge < -0.3 is 0 Å². The largest absolute Gasteiger partial charge is 2.00 e. The zero-order chi connectivity index (χ0) is 11.3. The summed E-state index contributed by atoms with van der Waals surface area (Å²) in [6.45, 7) is 6.70. The van der Waals surface area contributed by atoms with Crippen molar-refractivity contribution in [3.8, 4) is 0 Å². The molecule has 0 amide bonds. The van der Waals surface area contributed by atoms with Gasteiger partial charge in [-0.2, -0.15) is 39.1 Å². The maximum Gasteiger partial charge on any atom is 2.00 e. The Morgan fingerprint density at radius 3 is 1.88 bits per heavy atom. The number of rotatable bonds is 0. The third-order valence-corrected chi connectivity index (χ3v) is 2.72. The van der Waals surface area contributed by atoms with Crippen LogP contribution in [0.2, 0.25) is 0 Å². The zero-order valence-electron chi connectivity index (χ0n) is 10.0. The third kappa shape index (κ3) is 5.12. The molecule has 0 fully saturated rings. The SMILES string of the molecule is CC(C)(C)c1ccc[c-]1P.[Fe+2].c1cc[cH-]c1. The van der Waals surface area contributed by atoms with E-state index < -0.39 is 0 Å². The first-order valence-corrected chi connectivity index (χ1v) is 5.78. The van der Waals surface area contributed by atoms with E-state index in [4.69, 9.17) is 0 Å². The average molecular weight is 274 g/mol. The van der Waals surface area contributed by atoms with Crippen molar-refractivity contribution >= 4 is 14.5 Å². The molecule has 16 heavy (non-hydrogen) atoms. The van der Waals surface area contributed by atoms with Crippen LogP contribution in [0.1, 0.15) is 26.3 Å². The van der Waals surface area contributed by atoms with Gasteiger partial charge in [-0.3, -0.25) is 0 Å². The molecule has 0 aromatic heterocycles. The van der Waals surface area contributed by atoms with Gasteiger partial charge in [-0.15, -0.1) is 5.30 Å². The van der Waals surface area contributed by atoms with E-state index in [1.165, 1.54) is 10.9 Å². The summed E-state index contributed by atoms with van der Waals surface area (Å²) < 4.78 is 0. The second kappa shape index (κ2) is 7.07. The van der Waals surface area contributed by atoms with Crippen molar-refractivity contribution in [1.29, 1.82) is 0 Å². The standard InChI is InChI=1S/C9H14P.C5H5.Fe/c1-9(2,3)7-5-4-6-8(7)10;1-2-4-5-3-1;/h4-6H,10H2,1-3H3;1-5H;/q2*-1;+2. The van der Waals surface area contributed by atoms with Crippen molar-refractivity contribution in [3.63, 3.8) is 0 Å². The van der Waals surface area contributed by atoms with Gasteiger partial charge in [-0.25, -0.2) is 24.3 Å². The minimum absolute atomic E-state index is 0. The molecule has 0 saturated heterocycles. The summed E-state index contributed by atoms with van der Waals surface area (Å²) in [6, 6.07) is 16.4. The van der Waals surface area contributed by atoms with Gasteiger partial charge in [0.25, 0.3) is 0 Å². The maximum absolute atomic E-state index is 2.76. The van der Waals surface area contributed by atoms with Gasteiger partial charge in [0.15, 0.2) is 0 Å². The molecule has 0 nitrogen and oxygen atoms in total. The summed E-state index contributed by atoms with van der Waals surface area (Å²) in [4.78, 5) is 0. The Morgan fingerprint density at radius 2 is 1.69 bits per heavy atom. The van der Waals surface area contributed by atoms with E-state index in [9.17, 15) is 0 Å². The van der Waals surface area contributed by atoms with Crippen molar-refractivity contribution in [2.75, 3.05) is 0 Å². The van der Waals surface area contributed by atoms with Crippen molar-refractivity contribution in [3.05, 3.63) is 54.1 Å². The Balaban J connectivity index is 0.000000318. The van der Waals surface area contributed by atoms with E-state index in [0.717, 1.165) is 0 Å². The molecule has 1 atom stereocenters. The predicted molar refractivity (Wildman–Crippen MR) is 72.1 cm³/mol. The molecule has 0 radical (unpaired) electrons. The minimum atomic E-state index is 0. The molecule has 0 N–H and O–H groups in total. The van der Waals surface area contributed by atoms with Crippen LogP contribution >= 0.6 is 9.24 Å². The van der Waals surface area contributed by atoms with E-state index >= 15 is 0 Å². The summed E-state index contributed by atoms with van der Waals surface area (Å²) in [5, 5.41) is 1.33. The monoisotopic (exact) mass is 274 g/mol. The molecule has 0 aliphatic rings. The minimum Gasteiger partial charge on any atom is -0.214 e. The predicted octanol–water partition coefficient (Wildman–Crippen LogP) is 3.61. The quantitative estimate of drug-likeness (QED) is 0.391. The molecular weight excluding hydrogens is 255 g/mol. The van der Waals surface area contributed by atoms with Crippen molar-refractivity contribution < 1.29 is 17.1 Å². The first kappa shape index (κ1) is 15.6. The van der Waals surface area contributed by atoms with Gasteiger partial charge in [-0.1, -0.05) is 20.8 Å². The number of hydrogen-bond acceptors (Lipinski definition) is 0. The molecule has 0 saturated carbocycles. The van der Waals surface area contributed by atoms with E-state index in [0.29, 0.717) is 5.41 Å². The molecule has 2 rings (SSSR count). The molecule has 2 aromatic rings. The summed E-state index contributed by atoms with van der Waals surface area (Å²) in [6.07, 6.45) is 0. The van der Waals surface area contributed by atoms with Crippen LogP contribution in [0.3, 0.4) is 0 Å². The van der Waals surface area contributed by atoms with Crippen LogP contribution in [0, 0.1) is 0 Å². The Kier molecular flexibility index (Phi) is 6.91. The van der Waals surface area contributed by atoms with Gasteiger partial charge in [0.05, 0.1) is 0 Å². The van der Waals surface area contributed by atoms with Crippen LogP contribution in [0.25, 0.3) is 0 Å². The van der Waals surface area contributed by atoms with Crippen molar-refractivity contribution in [2.45, 2.75) is 26.2 Å². The van der Waals surface area contributed by atoms with Crippen LogP contribution in [0.15, 0.2) is 48.5 Å². The summed E-state index contributed by atoms with van der Waals surface area (Å²) >= 11 is 0. The first-order valence-electron chi connectivity index (χ1n) is 5.20. The Hall–Kier alpha value is -0.351. The second-order valence-corrected chi connectivity index (χ2v) is 5.23. The zero-order valence-corrected chi connectivity index (χ0v) is 12.3. The molecule has 0 bridgehead atoms. The Morgan fingerprint density at radius 1 is 1.12 bits per heavy atom. The maximum atomic E-state index is 2.76. The van der Waals surface area contributed by atoms with Gasteiger partial charge >= 0.3 is 17.1 Å². The first-order chi connectivity index (χ1) is 7.02. The normalized spacial score (nSPS) is 10.0. The fourth-order valence-electron chi connectivity index (χ4n) is 1.44. The Bertz CT molecular complexity index is 348. The van der Waals surface area contributed by atoms with Crippen molar-refractivity contribution in [1.82, 2.24) is 0 Å². The summed E-state index contributed by atoms with van der Waals surface area (Å²) in [7, 11) is 2.76. The van der Waals surface area contributed by atoms with Gasteiger partial charge in [0.1, 0.15) is 0 Å². The molecule has 0 heterocycles. The topological polar surface area (TPSA) is 0 Å². The molecular formula is C14H19FeP. The second-order valence-electron chi connectivity index (χ2n) is 4.61. The smallest absolute Gasteiger partial charge is 0.214 e. The summed E-state index contributed by atoms with van der Waals surface area (Å²) in [5.74, 6) is 0. The van der Waals surface area contributed by atoms with Crippen LogP contribution in [0.4, 0.5) is 0 Å². The van der Waals surface area contributed by atoms with Crippen LogP contribution in [-0.4, -0.2) is 0 Å². The van der Waals surface area contributed by atoms with Gasteiger partial charge in [0.2, 0.25) is 0 Å². The fourth-order valence-corrected chi connectivity index (χ4v) is 2.08. The van der Waals surface area contributed by atoms with Crippen LogP contribution < -0.4 is 5.30 Å². The van der Waals surface area contributed by atoms with Gasteiger partial charge in [-0.05, 0) is 5.41 Å². The van der Waals surface area contributed by atoms with E-state index in [2.05, 4.69) is 48.2 Å². The average Bonchev–Trinajstić information content (AvgIpc) is 2.72. The fraction of sp³-hybridized carbons (Fsp3) is 0.286. The van der Waals surface area contributed by atoms with E-state index in [1.54, 1.807) is 0 Å². The van der Waals surface area contributed by atoms with Gasteiger partial charge in [0, 0.05) is 0 Å². The van der Waals surface area contributed by atoms with Crippen LogP contribution in [0.5, 0.6) is 0 Å². The molecule has 88 valence electrons. The third-order valence-electron chi connectivity index (χ3n) is 2.21.